The zero-order valence-corrected chi connectivity index (χ0v) is 13.2. The number of benzene rings is 1. The van der Waals surface area contributed by atoms with Crippen LogP contribution < -0.4 is 10.5 Å². The lowest BCUT2D eigenvalue weighted by Crippen LogP contribution is -2.25. The molecular formula is C13H21FN2O2S2. The van der Waals surface area contributed by atoms with E-state index in [4.69, 9.17) is 5.73 Å². The van der Waals surface area contributed by atoms with Gasteiger partial charge in [0.1, 0.15) is 10.7 Å². The van der Waals surface area contributed by atoms with E-state index < -0.39 is 15.8 Å². The minimum atomic E-state index is -3.65. The van der Waals surface area contributed by atoms with Crippen molar-refractivity contribution in [3.05, 3.63) is 24.0 Å². The number of hydrogen-bond acceptors (Lipinski definition) is 4. The summed E-state index contributed by atoms with van der Waals surface area (Å²) < 4.78 is 39.3. The molecule has 0 saturated heterocycles. The van der Waals surface area contributed by atoms with Gasteiger partial charge >= 0.3 is 0 Å². The number of nitrogens with two attached hydrogens (primary N) is 1. The fourth-order valence-electron chi connectivity index (χ4n) is 1.77. The first-order valence-electron chi connectivity index (χ1n) is 6.51. The minimum Gasteiger partial charge on any atom is -0.398 e. The van der Waals surface area contributed by atoms with Crippen LogP contribution in [-0.4, -0.2) is 27.0 Å². The van der Waals surface area contributed by atoms with Gasteiger partial charge in [0, 0.05) is 6.54 Å². The van der Waals surface area contributed by atoms with Gasteiger partial charge in [0.15, 0.2) is 0 Å². The Hall–Kier alpha value is -0.790. The number of thioether (sulfide) groups is 1. The van der Waals surface area contributed by atoms with Crippen LogP contribution in [0.4, 0.5) is 10.1 Å². The Morgan fingerprint density at radius 3 is 2.60 bits per heavy atom. The lowest BCUT2D eigenvalue weighted by Gasteiger charge is -2.09. The van der Waals surface area contributed by atoms with Crippen LogP contribution in [0.3, 0.4) is 0 Å². The van der Waals surface area contributed by atoms with Crippen molar-refractivity contribution in [1.82, 2.24) is 4.72 Å². The molecule has 4 nitrogen and oxygen atoms in total. The van der Waals surface area contributed by atoms with Gasteiger partial charge in [-0.3, -0.25) is 0 Å². The van der Waals surface area contributed by atoms with Gasteiger partial charge in [-0.2, -0.15) is 11.8 Å². The Balaban J connectivity index is 2.42. The molecule has 0 spiro atoms. The number of nitrogens with one attached hydrogen (secondary N) is 1. The number of rotatable bonds is 9. The van der Waals surface area contributed by atoms with Crippen molar-refractivity contribution in [3.8, 4) is 0 Å². The average Bonchev–Trinajstić information content (AvgIpc) is 2.37. The third kappa shape index (κ3) is 5.68. The van der Waals surface area contributed by atoms with Crippen molar-refractivity contribution in [2.24, 2.45) is 0 Å². The molecule has 7 heteroatoms. The van der Waals surface area contributed by atoms with E-state index >= 15 is 0 Å². The van der Waals surface area contributed by atoms with Gasteiger partial charge < -0.3 is 5.73 Å². The van der Waals surface area contributed by atoms with Crippen molar-refractivity contribution in [1.29, 1.82) is 0 Å². The molecule has 1 rings (SSSR count). The molecule has 114 valence electrons. The average molecular weight is 320 g/mol. The van der Waals surface area contributed by atoms with Gasteiger partial charge in [-0.15, -0.1) is 0 Å². The summed E-state index contributed by atoms with van der Waals surface area (Å²) in [6.45, 7) is 0.373. The second-order valence-corrected chi connectivity index (χ2v) is 7.21. The van der Waals surface area contributed by atoms with Crippen molar-refractivity contribution in [2.75, 3.05) is 24.3 Å². The molecule has 0 bridgehead atoms. The van der Waals surface area contributed by atoms with Crippen LogP contribution in [0.25, 0.3) is 0 Å². The molecule has 0 heterocycles. The quantitative estimate of drug-likeness (QED) is 0.542. The maximum absolute atomic E-state index is 12.9. The molecule has 0 radical (unpaired) electrons. The summed E-state index contributed by atoms with van der Waals surface area (Å²) in [6.07, 6.45) is 6.10. The SMILES string of the molecule is CSCCCCCCNS(=O)(=O)c1ccc(F)cc1N. The van der Waals surface area contributed by atoms with E-state index in [0.717, 1.165) is 43.6 Å². The maximum atomic E-state index is 12.9. The molecular weight excluding hydrogens is 299 g/mol. The van der Waals surface area contributed by atoms with Crippen LogP contribution >= 0.6 is 11.8 Å². The Bertz CT molecular complexity index is 521. The van der Waals surface area contributed by atoms with E-state index in [0.29, 0.717) is 6.54 Å². The number of anilines is 1. The van der Waals surface area contributed by atoms with Crippen LogP contribution in [-0.2, 0) is 10.0 Å². The third-order valence-electron chi connectivity index (χ3n) is 2.83. The second-order valence-electron chi connectivity index (χ2n) is 4.49. The normalized spacial score (nSPS) is 11.7. The first kappa shape index (κ1) is 17.3. The standard InChI is InChI=1S/C13H21FN2O2S2/c1-19-9-5-3-2-4-8-16-20(17,18)13-7-6-11(14)10-12(13)15/h6-7,10,16H,2-5,8-9,15H2,1H3. The molecule has 0 aliphatic heterocycles. The van der Waals surface area contributed by atoms with Crippen LogP contribution in [0.5, 0.6) is 0 Å². The first-order valence-corrected chi connectivity index (χ1v) is 9.38. The summed E-state index contributed by atoms with van der Waals surface area (Å²) >= 11 is 1.81. The lowest BCUT2D eigenvalue weighted by molar-refractivity contribution is 0.573. The fourth-order valence-corrected chi connectivity index (χ4v) is 3.45. The van der Waals surface area contributed by atoms with Gasteiger partial charge in [0.25, 0.3) is 0 Å². The minimum absolute atomic E-state index is 0.0683. The smallest absolute Gasteiger partial charge is 0.242 e. The van der Waals surface area contributed by atoms with Crippen LogP contribution in [0, 0.1) is 5.82 Å². The maximum Gasteiger partial charge on any atom is 0.242 e. The highest BCUT2D eigenvalue weighted by molar-refractivity contribution is 7.98. The summed E-state index contributed by atoms with van der Waals surface area (Å²) in [6, 6.07) is 3.29. The van der Waals surface area contributed by atoms with E-state index in [2.05, 4.69) is 11.0 Å². The lowest BCUT2D eigenvalue weighted by atomic mass is 10.2. The summed E-state index contributed by atoms with van der Waals surface area (Å²) in [5, 5.41) is 0. The van der Waals surface area contributed by atoms with Gasteiger partial charge in [-0.25, -0.2) is 17.5 Å². The Labute approximate surface area is 124 Å². The van der Waals surface area contributed by atoms with Gasteiger partial charge in [0.2, 0.25) is 10.0 Å². The third-order valence-corrected chi connectivity index (χ3v) is 5.06. The first-order chi connectivity index (χ1) is 9.47. The van der Waals surface area contributed by atoms with Crippen molar-refractivity contribution >= 4 is 27.5 Å². The molecule has 3 N–H and O–H groups in total. The highest BCUT2D eigenvalue weighted by Gasteiger charge is 2.16. The fraction of sp³-hybridized carbons (Fsp3) is 0.538. The summed E-state index contributed by atoms with van der Waals surface area (Å²) in [5.41, 5.74) is 5.46. The van der Waals surface area contributed by atoms with E-state index in [1.165, 1.54) is 6.07 Å². The van der Waals surface area contributed by atoms with E-state index in [9.17, 15) is 12.8 Å². The number of unbranched alkanes of at least 4 members (excludes halogenated alkanes) is 3. The molecule has 0 atom stereocenters. The largest absolute Gasteiger partial charge is 0.398 e. The van der Waals surface area contributed by atoms with Crippen LogP contribution in [0.15, 0.2) is 23.1 Å². The molecule has 0 fully saturated rings. The zero-order valence-electron chi connectivity index (χ0n) is 11.6. The number of nitrogen functional groups attached to an aromatic ring is 1. The van der Waals surface area contributed by atoms with Crippen molar-refractivity contribution < 1.29 is 12.8 Å². The van der Waals surface area contributed by atoms with Gasteiger partial charge in [-0.1, -0.05) is 12.8 Å². The Morgan fingerprint density at radius 1 is 1.25 bits per heavy atom. The molecule has 0 unspecified atom stereocenters. The topological polar surface area (TPSA) is 72.2 Å². The molecule has 20 heavy (non-hydrogen) atoms. The highest BCUT2D eigenvalue weighted by Crippen LogP contribution is 2.18. The van der Waals surface area contributed by atoms with E-state index in [-0.39, 0.29) is 10.6 Å². The summed E-state index contributed by atoms with van der Waals surface area (Å²) in [5.74, 6) is 0.591. The van der Waals surface area contributed by atoms with E-state index in [1.807, 2.05) is 11.8 Å². The molecule has 0 aliphatic rings. The monoisotopic (exact) mass is 320 g/mol. The molecule has 0 aromatic heterocycles. The Morgan fingerprint density at radius 2 is 1.95 bits per heavy atom. The Kier molecular flexibility index (Phi) is 7.32. The summed E-state index contributed by atoms with van der Waals surface area (Å²) in [7, 11) is -3.65. The number of halogens is 1. The van der Waals surface area contributed by atoms with Gasteiger partial charge in [0.05, 0.1) is 5.69 Å². The van der Waals surface area contributed by atoms with Gasteiger partial charge in [-0.05, 0) is 43.0 Å². The number of sulfonamides is 1. The zero-order chi connectivity index (χ0) is 15.0. The highest BCUT2D eigenvalue weighted by atomic mass is 32.2. The molecule has 0 saturated carbocycles. The summed E-state index contributed by atoms with van der Waals surface area (Å²) in [4.78, 5) is -0.0683. The molecule has 0 aliphatic carbocycles. The van der Waals surface area contributed by atoms with E-state index in [1.54, 1.807) is 0 Å². The molecule has 1 aromatic rings. The predicted molar refractivity (Wildman–Crippen MR) is 82.9 cm³/mol. The van der Waals surface area contributed by atoms with Crippen molar-refractivity contribution in [3.63, 3.8) is 0 Å². The second kappa shape index (κ2) is 8.49. The molecule has 1 aromatic carbocycles. The number of hydrogen-bond donors (Lipinski definition) is 2. The van der Waals surface area contributed by atoms with Crippen molar-refractivity contribution in [2.45, 2.75) is 30.6 Å². The van der Waals surface area contributed by atoms with Crippen LogP contribution in [0.1, 0.15) is 25.7 Å². The molecule has 0 amide bonds. The predicted octanol–water partition coefficient (Wildman–Crippen LogP) is 2.61. The van der Waals surface area contributed by atoms with Crippen LogP contribution in [0.2, 0.25) is 0 Å².